The average molecular weight is 307 g/mol. The van der Waals surface area contributed by atoms with Crippen LogP contribution < -0.4 is 5.69 Å². The molecule has 4 aliphatic carbocycles. The molecule has 4 bridgehead atoms. The number of carbonyl (C=O) groups is 1. The zero-order chi connectivity index (χ0) is 14.6. The molecule has 1 aromatic rings. The monoisotopic (exact) mass is 307 g/mol. The Morgan fingerprint density at radius 3 is 2.33 bits per heavy atom. The molecule has 4 aliphatic rings. The summed E-state index contributed by atoms with van der Waals surface area (Å²) in [5.41, 5.74) is -0.267. The molecule has 4 saturated carbocycles. The predicted molar refractivity (Wildman–Crippen MR) is 80.2 cm³/mol. The molecule has 114 valence electrons. The first kappa shape index (κ1) is 13.6. The number of H-pyrrole nitrogens is 1. The van der Waals surface area contributed by atoms with Crippen LogP contribution in [0.3, 0.4) is 0 Å². The number of rotatable bonds is 4. The first-order valence-electron chi connectivity index (χ1n) is 7.83. The van der Waals surface area contributed by atoms with Crippen LogP contribution in [0.15, 0.2) is 9.95 Å². The Morgan fingerprint density at radius 1 is 1.29 bits per heavy atom. The van der Waals surface area contributed by atoms with Gasteiger partial charge in [0.2, 0.25) is 0 Å². The third-order valence-electron chi connectivity index (χ3n) is 5.80. The Labute approximate surface area is 127 Å². The van der Waals surface area contributed by atoms with Crippen molar-refractivity contribution in [3.63, 3.8) is 0 Å². The van der Waals surface area contributed by atoms with Gasteiger partial charge in [-0.1, -0.05) is 11.8 Å². The fourth-order valence-electron chi connectivity index (χ4n) is 5.20. The third-order valence-corrected chi connectivity index (χ3v) is 6.83. The minimum absolute atomic E-state index is 0.0447. The Hall–Kier alpha value is -1.04. The molecule has 0 spiro atoms. The second kappa shape index (κ2) is 4.73. The van der Waals surface area contributed by atoms with Gasteiger partial charge < -0.3 is 0 Å². The maximum absolute atomic E-state index is 12.8. The highest BCUT2D eigenvalue weighted by Gasteiger charge is 2.54. The minimum atomic E-state index is -0.222. The molecule has 4 fully saturated rings. The van der Waals surface area contributed by atoms with Crippen molar-refractivity contribution in [3.8, 4) is 0 Å². The van der Waals surface area contributed by atoms with E-state index in [1.54, 1.807) is 7.05 Å². The topological polar surface area (TPSA) is 67.8 Å². The lowest BCUT2D eigenvalue weighted by Gasteiger charge is -2.56. The minimum Gasteiger partial charge on any atom is -0.298 e. The molecule has 0 radical (unpaired) electrons. The van der Waals surface area contributed by atoms with Gasteiger partial charge >= 0.3 is 5.69 Å². The Bertz CT molecular complexity index is 598. The lowest BCUT2D eigenvalue weighted by Crippen LogP contribution is -2.50. The summed E-state index contributed by atoms with van der Waals surface area (Å²) in [4.78, 5) is 24.2. The summed E-state index contributed by atoms with van der Waals surface area (Å²) in [5, 5.41) is 7.00. The molecule has 0 aliphatic heterocycles. The van der Waals surface area contributed by atoms with Crippen LogP contribution in [0.2, 0.25) is 0 Å². The zero-order valence-electron chi connectivity index (χ0n) is 12.3. The van der Waals surface area contributed by atoms with Crippen LogP contribution in [0.1, 0.15) is 38.5 Å². The second-order valence-corrected chi connectivity index (χ2v) is 8.22. The van der Waals surface area contributed by atoms with Crippen LogP contribution in [0.4, 0.5) is 0 Å². The van der Waals surface area contributed by atoms with E-state index in [0.29, 0.717) is 16.7 Å². The van der Waals surface area contributed by atoms with Crippen molar-refractivity contribution in [3.05, 3.63) is 10.5 Å². The van der Waals surface area contributed by atoms with Crippen molar-refractivity contribution in [1.82, 2.24) is 14.8 Å². The number of nitrogens with one attached hydrogen (secondary N) is 1. The largest absolute Gasteiger partial charge is 0.343 e. The number of Topliss-reactive ketones (excluding diaryl/α,β-unsaturated/α-hetero) is 1. The van der Waals surface area contributed by atoms with Gasteiger partial charge in [-0.2, -0.15) is 0 Å². The number of hydrogen-bond donors (Lipinski definition) is 1. The summed E-state index contributed by atoms with van der Waals surface area (Å²) < 4.78 is 1.47. The number of ketones is 1. The van der Waals surface area contributed by atoms with Crippen LogP contribution in [-0.4, -0.2) is 26.3 Å². The fraction of sp³-hybridized carbons (Fsp3) is 0.800. The van der Waals surface area contributed by atoms with Crippen molar-refractivity contribution < 1.29 is 4.79 Å². The van der Waals surface area contributed by atoms with Gasteiger partial charge in [0.25, 0.3) is 0 Å². The molecule has 6 heteroatoms. The van der Waals surface area contributed by atoms with E-state index in [1.807, 2.05) is 0 Å². The molecule has 0 amide bonds. The van der Waals surface area contributed by atoms with Gasteiger partial charge in [-0.3, -0.25) is 9.36 Å². The number of hydrogen-bond acceptors (Lipinski definition) is 4. The van der Waals surface area contributed by atoms with Gasteiger partial charge in [-0.05, 0) is 56.3 Å². The molecule has 0 unspecified atom stereocenters. The lowest BCUT2D eigenvalue weighted by atomic mass is 9.48. The normalized spacial score (nSPS) is 37.1. The molecule has 1 heterocycles. The summed E-state index contributed by atoms with van der Waals surface area (Å²) in [6, 6.07) is 0. The van der Waals surface area contributed by atoms with E-state index in [1.165, 1.54) is 35.6 Å². The Balaban J connectivity index is 1.48. The predicted octanol–water partition coefficient (Wildman–Crippen LogP) is 1.99. The maximum atomic E-state index is 12.8. The van der Waals surface area contributed by atoms with Gasteiger partial charge in [-0.25, -0.2) is 9.89 Å². The van der Waals surface area contributed by atoms with E-state index < -0.39 is 0 Å². The number of carbonyl (C=O) groups excluding carboxylic acids is 1. The van der Waals surface area contributed by atoms with Crippen LogP contribution in [-0.2, 0) is 11.8 Å². The quantitative estimate of drug-likeness (QED) is 0.864. The van der Waals surface area contributed by atoms with Crippen molar-refractivity contribution >= 4 is 17.5 Å². The van der Waals surface area contributed by atoms with E-state index >= 15 is 0 Å². The summed E-state index contributed by atoms with van der Waals surface area (Å²) in [5.74, 6) is 3.21. The van der Waals surface area contributed by atoms with Gasteiger partial charge in [0.15, 0.2) is 5.16 Å². The Kier molecular flexibility index (Phi) is 3.07. The SMILES string of the molecule is Cn1c(SCC(=O)C23CC4CC(CC(C4)C2)C3)n[nH]c1=O. The van der Waals surface area contributed by atoms with Crippen LogP contribution in [0, 0.1) is 23.2 Å². The van der Waals surface area contributed by atoms with E-state index in [2.05, 4.69) is 10.2 Å². The fourth-order valence-corrected chi connectivity index (χ4v) is 6.15. The molecule has 0 saturated heterocycles. The smallest absolute Gasteiger partial charge is 0.298 e. The van der Waals surface area contributed by atoms with Crippen molar-refractivity contribution in [2.24, 2.45) is 30.2 Å². The van der Waals surface area contributed by atoms with Crippen molar-refractivity contribution in [2.45, 2.75) is 43.7 Å². The van der Waals surface area contributed by atoms with Crippen LogP contribution in [0.25, 0.3) is 0 Å². The number of aromatic nitrogens is 3. The standard InChI is InChI=1S/C15H21N3O2S/c1-18-13(20)16-17-14(18)21-8-12(19)15-5-9-2-10(6-15)4-11(3-9)7-15/h9-11H,2-8H2,1H3,(H,16,20). The summed E-state index contributed by atoms with van der Waals surface area (Å²) in [6.07, 6.45) is 7.39. The van der Waals surface area contributed by atoms with E-state index in [0.717, 1.165) is 37.0 Å². The summed E-state index contributed by atoms with van der Waals surface area (Å²) in [6.45, 7) is 0. The third kappa shape index (κ3) is 2.18. The molecule has 5 rings (SSSR count). The summed E-state index contributed by atoms with van der Waals surface area (Å²) in [7, 11) is 1.68. The lowest BCUT2D eigenvalue weighted by molar-refractivity contribution is -0.141. The number of aromatic amines is 1. The molecule has 1 aromatic heterocycles. The van der Waals surface area contributed by atoms with Gasteiger partial charge in [-0.15, -0.1) is 5.10 Å². The van der Waals surface area contributed by atoms with Crippen molar-refractivity contribution in [1.29, 1.82) is 0 Å². The highest BCUT2D eigenvalue weighted by atomic mass is 32.2. The molecular weight excluding hydrogens is 286 g/mol. The molecular formula is C15H21N3O2S. The van der Waals surface area contributed by atoms with Gasteiger partial charge in [0.05, 0.1) is 5.75 Å². The molecule has 1 N–H and O–H groups in total. The summed E-state index contributed by atoms with van der Waals surface area (Å²) >= 11 is 1.40. The van der Waals surface area contributed by atoms with Crippen molar-refractivity contribution in [2.75, 3.05) is 5.75 Å². The first-order chi connectivity index (χ1) is 10.1. The van der Waals surface area contributed by atoms with Gasteiger partial charge in [0, 0.05) is 12.5 Å². The second-order valence-electron chi connectivity index (χ2n) is 7.28. The highest BCUT2D eigenvalue weighted by Crippen LogP contribution is 2.60. The van der Waals surface area contributed by atoms with E-state index in [4.69, 9.17) is 0 Å². The first-order valence-corrected chi connectivity index (χ1v) is 8.82. The molecule has 0 atom stereocenters. The maximum Gasteiger partial charge on any atom is 0.343 e. The molecule has 21 heavy (non-hydrogen) atoms. The zero-order valence-corrected chi connectivity index (χ0v) is 13.1. The highest BCUT2D eigenvalue weighted by molar-refractivity contribution is 7.99. The average Bonchev–Trinajstić information content (AvgIpc) is 2.75. The number of thioether (sulfide) groups is 1. The van der Waals surface area contributed by atoms with Gasteiger partial charge in [0.1, 0.15) is 5.78 Å². The van der Waals surface area contributed by atoms with Crippen LogP contribution in [0.5, 0.6) is 0 Å². The molecule has 5 nitrogen and oxygen atoms in total. The van der Waals surface area contributed by atoms with E-state index in [9.17, 15) is 9.59 Å². The Morgan fingerprint density at radius 2 is 1.86 bits per heavy atom. The van der Waals surface area contributed by atoms with Crippen LogP contribution >= 0.6 is 11.8 Å². The number of nitrogens with zero attached hydrogens (tertiary/aromatic N) is 2. The molecule has 0 aromatic carbocycles. The van der Waals surface area contributed by atoms with E-state index in [-0.39, 0.29) is 11.1 Å².